The smallest absolute Gasteiger partial charge is 0.336 e. The van der Waals surface area contributed by atoms with Crippen molar-refractivity contribution in [3.8, 4) is 0 Å². The molecule has 2 aromatic carbocycles. The molecule has 0 saturated heterocycles. The van der Waals surface area contributed by atoms with Crippen molar-refractivity contribution < 1.29 is 17.9 Å². The Balaban J connectivity index is 1.83. The number of carbonyl (C=O) groups is 1. The summed E-state index contributed by atoms with van der Waals surface area (Å²) >= 11 is 0. The van der Waals surface area contributed by atoms with Gasteiger partial charge in [-0.2, -0.15) is 0 Å². The summed E-state index contributed by atoms with van der Waals surface area (Å²) < 4.78 is 32.9. The Morgan fingerprint density at radius 2 is 1.75 bits per heavy atom. The fraction of sp³-hybridized carbons (Fsp3) is 0.227. The van der Waals surface area contributed by atoms with Gasteiger partial charge in [0.15, 0.2) is 0 Å². The monoisotopic (exact) mass is 395 g/mol. The fourth-order valence-electron chi connectivity index (χ4n) is 3.98. The lowest BCUT2D eigenvalue weighted by Gasteiger charge is -2.31. The third-order valence-electron chi connectivity index (χ3n) is 5.33. The van der Waals surface area contributed by atoms with Crippen LogP contribution in [-0.4, -0.2) is 31.8 Å². The van der Waals surface area contributed by atoms with E-state index in [0.29, 0.717) is 12.0 Å². The van der Waals surface area contributed by atoms with E-state index < -0.39 is 22.0 Å². The van der Waals surface area contributed by atoms with Gasteiger partial charge < -0.3 is 4.74 Å². The molecule has 6 heteroatoms. The molecule has 0 saturated carbocycles. The highest BCUT2D eigenvalue weighted by Gasteiger charge is 2.45. The molecule has 0 aromatic heterocycles. The molecule has 2 aromatic rings. The Kier molecular flexibility index (Phi) is 4.59. The van der Waals surface area contributed by atoms with Crippen LogP contribution in [0, 0.1) is 12.8 Å². The number of hydrogen-bond donors (Lipinski definition) is 0. The molecule has 0 fully saturated rings. The Labute approximate surface area is 165 Å². The van der Waals surface area contributed by atoms with E-state index in [1.165, 1.54) is 11.4 Å². The third-order valence-corrected chi connectivity index (χ3v) is 7.13. The lowest BCUT2D eigenvalue weighted by atomic mass is 9.93. The van der Waals surface area contributed by atoms with Crippen molar-refractivity contribution >= 4 is 21.6 Å². The summed E-state index contributed by atoms with van der Waals surface area (Å²) in [6, 6.07) is 15.7. The first-order chi connectivity index (χ1) is 13.4. The third kappa shape index (κ3) is 2.94. The minimum Gasteiger partial charge on any atom is -0.466 e. The first-order valence-electron chi connectivity index (χ1n) is 9.10. The molecule has 2 atom stereocenters. The minimum atomic E-state index is -3.79. The van der Waals surface area contributed by atoms with Crippen LogP contribution in [0.4, 0.5) is 0 Å². The minimum absolute atomic E-state index is 0.0223. The van der Waals surface area contributed by atoms with Gasteiger partial charge in [-0.3, -0.25) is 4.31 Å². The van der Waals surface area contributed by atoms with E-state index in [1.807, 2.05) is 43.3 Å². The summed E-state index contributed by atoms with van der Waals surface area (Å²) in [5, 5.41) is 0. The second kappa shape index (κ2) is 6.95. The zero-order valence-electron chi connectivity index (χ0n) is 15.7. The number of nitrogens with zero attached hydrogens (tertiary/aromatic N) is 1. The van der Waals surface area contributed by atoms with E-state index in [0.717, 1.165) is 16.7 Å². The van der Waals surface area contributed by atoms with Crippen LogP contribution in [0.2, 0.25) is 0 Å². The number of methoxy groups -OCH3 is 1. The van der Waals surface area contributed by atoms with Crippen molar-refractivity contribution in [2.45, 2.75) is 24.3 Å². The van der Waals surface area contributed by atoms with Gasteiger partial charge in [-0.15, -0.1) is 0 Å². The Morgan fingerprint density at radius 1 is 1.07 bits per heavy atom. The molecule has 0 radical (unpaired) electrons. The van der Waals surface area contributed by atoms with E-state index in [9.17, 15) is 13.2 Å². The number of sulfonamides is 1. The summed E-state index contributed by atoms with van der Waals surface area (Å²) in [5.41, 5.74) is 3.15. The van der Waals surface area contributed by atoms with Gasteiger partial charge in [0.2, 0.25) is 0 Å². The molecular formula is C22H21NO4S. The molecule has 2 aliphatic rings. The predicted molar refractivity (Wildman–Crippen MR) is 107 cm³/mol. The van der Waals surface area contributed by atoms with Crippen LogP contribution >= 0.6 is 0 Å². The van der Waals surface area contributed by atoms with Gasteiger partial charge in [0, 0.05) is 12.1 Å². The maximum atomic E-state index is 13.3. The second-order valence-electron chi connectivity index (χ2n) is 7.03. The van der Waals surface area contributed by atoms with Gasteiger partial charge in [-0.25, -0.2) is 13.2 Å². The van der Waals surface area contributed by atoms with Crippen LogP contribution in [0.1, 0.15) is 17.5 Å². The Hall–Kier alpha value is -2.86. The van der Waals surface area contributed by atoms with Crippen LogP contribution in [0.25, 0.3) is 5.57 Å². The molecule has 2 bridgehead atoms. The normalized spacial score (nSPS) is 21.1. The van der Waals surface area contributed by atoms with Crippen molar-refractivity contribution in [1.29, 1.82) is 0 Å². The largest absolute Gasteiger partial charge is 0.466 e. The summed E-state index contributed by atoms with van der Waals surface area (Å²) in [5.74, 6) is -0.509. The lowest BCUT2D eigenvalue weighted by Crippen LogP contribution is -2.39. The number of rotatable bonds is 4. The number of allylic oxidation sites excluding steroid dienone is 2. The van der Waals surface area contributed by atoms with Crippen molar-refractivity contribution in [2.24, 2.45) is 5.92 Å². The first-order valence-corrected chi connectivity index (χ1v) is 10.5. The second-order valence-corrected chi connectivity index (χ2v) is 8.88. The summed E-state index contributed by atoms with van der Waals surface area (Å²) in [6.45, 7) is 1.91. The van der Waals surface area contributed by atoms with Gasteiger partial charge in [-0.05, 0) is 36.6 Å². The number of hydrogen-bond acceptors (Lipinski definition) is 4. The fourth-order valence-corrected chi connectivity index (χ4v) is 5.46. The van der Waals surface area contributed by atoms with Gasteiger partial charge in [-0.1, -0.05) is 54.1 Å². The predicted octanol–water partition coefficient (Wildman–Crippen LogP) is 3.53. The zero-order valence-corrected chi connectivity index (χ0v) is 16.5. The average Bonchev–Trinajstić information content (AvgIpc) is 3.00. The maximum absolute atomic E-state index is 13.3. The molecule has 0 unspecified atom stereocenters. The highest BCUT2D eigenvalue weighted by atomic mass is 32.2. The molecule has 0 amide bonds. The SMILES string of the molecule is COC(=O)C1=C(c2ccccc2)[C@@H]2C=CN(S(=O)(=O)c3ccc(C)cc3)[C@H]1C2. The number of carbonyl (C=O) groups excluding carboxylic acids is 1. The molecule has 28 heavy (non-hydrogen) atoms. The first kappa shape index (κ1) is 18.5. The van der Waals surface area contributed by atoms with Gasteiger partial charge in [0.25, 0.3) is 10.0 Å². The summed E-state index contributed by atoms with van der Waals surface area (Å²) in [4.78, 5) is 12.9. The van der Waals surface area contributed by atoms with Gasteiger partial charge in [0.05, 0.1) is 23.6 Å². The highest BCUT2D eigenvalue weighted by molar-refractivity contribution is 7.89. The van der Waals surface area contributed by atoms with Crippen LogP contribution in [-0.2, 0) is 19.6 Å². The lowest BCUT2D eigenvalue weighted by molar-refractivity contribution is -0.136. The molecule has 0 N–H and O–H groups in total. The van der Waals surface area contributed by atoms with Crippen molar-refractivity contribution in [1.82, 2.24) is 4.31 Å². The van der Waals surface area contributed by atoms with Crippen LogP contribution in [0.15, 0.2) is 77.3 Å². The number of aryl methyl sites for hydroxylation is 1. The van der Waals surface area contributed by atoms with Crippen LogP contribution in [0.5, 0.6) is 0 Å². The van der Waals surface area contributed by atoms with E-state index in [-0.39, 0.29) is 10.8 Å². The van der Waals surface area contributed by atoms with Gasteiger partial charge >= 0.3 is 5.97 Å². The molecule has 0 spiro atoms. The van der Waals surface area contributed by atoms with E-state index in [4.69, 9.17) is 4.74 Å². The topological polar surface area (TPSA) is 63.7 Å². The van der Waals surface area contributed by atoms with Crippen molar-refractivity contribution in [3.63, 3.8) is 0 Å². The summed E-state index contributed by atoms with van der Waals surface area (Å²) in [7, 11) is -2.46. The van der Waals surface area contributed by atoms with Crippen LogP contribution < -0.4 is 0 Å². The number of benzene rings is 2. The van der Waals surface area contributed by atoms with E-state index >= 15 is 0 Å². The maximum Gasteiger partial charge on any atom is 0.336 e. The molecule has 5 nitrogen and oxygen atoms in total. The van der Waals surface area contributed by atoms with Gasteiger partial charge in [0.1, 0.15) is 0 Å². The van der Waals surface area contributed by atoms with Crippen molar-refractivity contribution in [3.05, 3.63) is 83.6 Å². The molecule has 4 rings (SSSR count). The quantitative estimate of drug-likeness (QED) is 0.743. The Bertz CT molecular complexity index is 1070. The average molecular weight is 395 g/mol. The molecule has 144 valence electrons. The standard InChI is InChI=1S/C22H21NO4S/c1-15-8-10-18(11-9-15)28(25,26)23-13-12-17-14-19(23)21(22(24)27-2)20(17)16-6-4-3-5-7-16/h3-13,17,19H,14H2,1-2H3/t17-,19+/m1/s1. The zero-order chi connectivity index (χ0) is 19.9. The molecule has 1 aliphatic carbocycles. The molecule has 1 heterocycles. The van der Waals surface area contributed by atoms with E-state index in [1.54, 1.807) is 30.5 Å². The van der Waals surface area contributed by atoms with Crippen molar-refractivity contribution in [2.75, 3.05) is 7.11 Å². The summed E-state index contributed by atoms with van der Waals surface area (Å²) in [6.07, 6.45) is 3.98. The number of fused-ring (bicyclic) bond motifs is 2. The molecular weight excluding hydrogens is 374 g/mol. The number of ether oxygens (including phenoxy) is 1. The Morgan fingerprint density at radius 3 is 2.39 bits per heavy atom. The van der Waals surface area contributed by atoms with Crippen LogP contribution in [0.3, 0.4) is 0 Å². The molecule has 1 aliphatic heterocycles. The number of esters is 1. The highest BCUT2D eigenvalue weighted by Crippen LogP contribution is 2.46. The van der Waals surface area contributed by atoms with E-state index in [2.05, 4.69) is 0 Å².